The number of carbonyl (C=O) groups excluding carboxylic acids is 1. The number of anilines is 1. The van der Waals surface area contributed by atoms with E-state index in [-0.39, 0.29) is 11.5 Å². The topological polar surface area (TPSA) is 45.6 Å². The molecule has 0 atom stereocenters. The Morgan fingerprint density at radius 1 is 1.16 bits per heavy atom. The first-order chi connectivity index (χ1) is 15.5. The number of unbranched alkanes of at least 4 members (excludes halogenated alkanes) is 1. The number of thioether (sulfide) groups is 1. The molecule has 5 nitrogen and oxygen atoms in total. The maximum atomic E-state index is 13.7. The number of carbonyl (C=O) groups is 1. The van der Waals surface area contributed by atoms with Gasteiger partial charge in [0.05, 0.1) is 21.7 Å². The highest BCUT2D eigenvalue weighted by atomic mass is 32.2. The summed E-state index contributed by atoms with van der Waals surface area (Å²) >= 11 is 6.80. The molecule has 2 fully saturated rings. The van der Waals surface area contributed by atoms with E-state index in [1.54, 1.807) is 11.0 Å². The molecule has 0 N–H and O–H groups in total. The van der Waals surface area contributed by atoms with E-state index in [2.05, 4.69) is 24.8 Å². The van der Waals surface area contributed by atoms with Gasteiger partial charge in [-0.25, -0.2) is 0 Å². The SMILES string of the molecule is CCCCN1C(=O)C(=Cc2c(N3CCC(C)CC3)c3ccccc3n(CC)c2=O)SC1=S. The van der Waals surface area contributed by atoms with Crippen LogP contribution in [0.2, 0.25) is 0 Å². The molecule has 4 rings (SSSR count). The van der Waals surface area contributed by atoms with Gasteiger partial charge in [0, 0.05) is 31.6 Å². The first kappa shape index (κ1) is 23.1. The monoisotopic (exact) mass is 469 g/mol. The van der Waals surface area contributed by atoms with Gasteiger partial charge in [0.2, 0.25) is 0 Å². The fourth-order valence-electron chi connectivity index (χ4n) is 4.57. The minimum atomic E-state index is -0.0812. The van der Waals surface area contributed by atoms with Crippen molar-refractivity contribution in [1.82, 2.24) is 9.47 Å². The predicted molar refractivity (Wildman–Crippen MR) is 139 cm³/mol. The van der Waals surface area contributed by atoms with E-state index in [9.17, 15) is 9.59 Å². The summed E-state index contributed by atoms with van der Waals surface area (Å²) in [6.45, 7) is 9.41. The molecular formula is C25H31N3O2S2. The summed E-state index contributed by atoms with van der Waals surface area (Å²) in [4.78, 5) is 31.4. The van der Waals surface area contributed by atoms with Crippen LogP contribution in [0.3, 0.4) is 0 Å². The molecule has 2 aromatic rings. The third kappa shape index (κ3) is 4.25. The Labute approximate surface area is 199 Å². The van der Waals surface area contributed by atoms with Crippen molar-refractivity contribution in [2.45, 2.75) is 53.0 Å². The molecule has 1 aromatic heterocycles. The van der Waals surface area contributed by atoms with Crippen LogP contribution >= 0.6 is 24.0 Å². The Morgan fingerprint density at radius 3 is 2.56 bits per heavy atom. The number of hydrogen-bond donors (Lipinski definition) is 0. The highest BCUT2D eigenvalue weighted by molar-refractivity contribution is 8.26. The molecule has 1 amide bonds. The zero-order chi connectivity index (χ0) is 22.8. The molecule has 32 heavy (non-hydrogen) atoms. The Balaban J connectivity index is 1.89. The molecule has 0 bridgehead atoms. The first-order valence-electron chi connectivity index (χ1n) is 11.6. The summed E-state index contributed by atoms with van der Waals surface area (Å²) < 4.78 is 2.40. The predicted octanol–water partition coefficient (Wildman–Crippen LogP) is 5.26. The lowest BCUT2D eigenvalue weighted by molar-refractivity contribution is -0.122. The minimum Gasteiger partial charge on any atom is -0.370 e. The number of hydrogen-bond acceptors (Lipinski definition) is 5. The zero-order valence-electron chi connectivity index (χ0n) is 19.1. The Hall–Kier alpha value is -2.12. The van der Waals surface area contributed by atoms with Crippen molar-refractivity contribution in [3.8, 4) is 0 Å². The van der Waals surface area contributed by atoms with E-state index in [1.165, 1.54) is 11.8 Å². The van der Waals surface area contributed by atoms with Gasteiger partial charge in [0.1, 0.15) is 4.32 Å². The molecule has 2 saturated heterocycles. The number of rotatable bonds is 6. The molecule has 1 aromatic carbocycles. The van der Waals surface area contributed by atoms with Gasteiger partial charge in [-0.3, -0.25) is 14.5 Å². The Kier molecular flexibility index (Phi) is 7.05. The van der Waals surface area contributed by atoms with Gasteiger partial charge in [-0.15, -0.1) is 0 Å². The van der Waals surface area contributed by atoms with Crippen LogP contribution in [0.5, 0.6) is 0 Å². The maximum Gasteiger partial charge on any atom is 0.266 e. The van der Waals surface area contributed by atoms with E-state index in [0.717, 1.165) is 55.4 Å². The smallest absolute Gasteiger partial charge is 0.266 e. The number of para-hydroxylation sites is 1. The lowest BCUT2D eigenvalue weighted by atomic mass is 9.97. The van der Waals surface area contributed by atoms with Gasteiger partial charge < -0.3 is 9.47 Å². The molecule has 0 aliphatic carbocycles. The first-order valence-corrected chi connectivity index (χ1v) is 12.8. The number of benzene rings is 1. The number of aromatic nitrogens is 1. The van der Waals surface area contributed by atoms with E-state index < -0.39 is 0 Å². The summed E-state index contributed by atoms with van der Waals surface area (Å²) in [6.07, 6.45) is 5.92. The summed E-state index contributed by atoms with van der Waals surface area (Å²) in [5, 5.41) is 1.07. The summed E-state index contributed by atoms with van der Waals surface area (Å²) in [7, 11) is 0. The maximum absolute atomic E-state index is 13.7. The van der Waals surface area contributed by atoms with Crippen LogP contribution < -0.4 is 10.5 Å². The van der Waals surface area contributed by atoms with Crippen LogP contribution in [-0.4, -0.2) is 39.3 Å². The van der Waals surface area contributed by atoms with Crippen molar-refractivity contribution >= 4 is 56.9 Å². The van der Waals surface area contributed by atoms with Crippen LogP contribution in [0.4, 0.5) is 5.69 Å². The average molecular weight is 470 g/mol. The van der Waals surface area contributed by atoms with Gasteiger partial charge in [-0.1, -0.05) is 62.4 Å². The standard InChI is InChI=1S/C25H31N3O2S2/c1-4-6-13-28-24(30)21(32-25(28)31)16-19-22(26-14-11-17(3)12-15-26)18-9-7-8-10-20(18)27(5-2)23(19)29/h7-10,16-17H,4-6,11-15H2,1-3H3. The van der Waals surface area contributed by atoms with Gasteiger partial charge in [0.25, 0.3) is 11.5 Å². The molecule has 0 saturated carbocycles. The van der Waals surface area contributed by atoms with Crippen LogP contribution in [0, 0.1) is 5.92 Å². The molecule has 0 radical (unpaired) electrons. The summed E-state index contributed by atoms with van der Waals surface area (Å²) in [5.41, 5.74) is 2.47. The number of thiocarbonyl (C=S) groups is 1. The molecule has 0 unspecified atom stereocenters. The van der Waals surface area contributed by atoms with Gasteiger partial charge in [0.15, 0.2) is 0 Å². The Morgan fingerprint density at radius 2 is 1.88 bits per heavy atom. The number of aryl methyl sites for hydroxylation is 1. The number of nitrogens with zero attached hydrogens (tertiary/aromatic N) is 3. The fraction of sp³-hybridized carbons (Fsp3) is 0.480. The summed E-state index contributed by atoms with van der Waals surface area (Å²) in [6, 6.07) is 8.12. The molecule has 170 valence electrons. The van der Waals surface area contributed by atoms with E-state index in [0.29, 0.717) is 33.8 Å². The van der Waals surface area contributed by atoms with E-state index in [1.807, 2.05) is 29.7 Å². The van der Waals surface area contributed by atoms with Crippen LogP contribution in [0.1, 0.15) is 52.0 Å². The highest BCUT2D eigenvalue weighted by Crippen LogP contribution is 2.37. The second-order valence-electron chi connectivity index (χ2n) is 8.69. The molecule has 7 heteroatoms. The molecule has 2 aliphatic rings. The van der Waals surface area contributed by atoms with Crippen molar-refractivity contribution in [2.75, 3.05) is 24.5 Å². The molecule has 3 heterocycles. The van der Waals surface area contributed by atoms with Crippen molar-refractivity contribution in [3.05, 3.63) is 45.1 Å². The highest BCUT2D eigenvalue weighted by Gasteiger charge is 2.33. The third-order valence-corrected chi connectivity index (χ3v) is 7.86. The van der Waals surface area contributed by atoms with Crippen molar-refractivity contribution < 1.29 is 4.79 Å². The van der Waals surface area contributed by atoms with Crippen LogP contribution in [0.25, 0.3) is 17.0 Å². The molecular weight excluding hydrogens is 438 g/mol. The average Bonchev–Trinajstić information content (AvgIpc) is 3.06. The van der Waals surface area contributed by atoms with Crippen molar-refractivity contribution in [2.24, 2.45) is 5.92 Å². The lowest BCUT2D eigenvalue weighted by Gasteiger charge is -2.34. The summed E-state index contributed by atoms with van der Waals surface area (Å²) in [5.74, 6) is 0.606. The van der Waals surface area contributed by atoms with Crippen LogP contribution in [0.15, 0.2) is 34.0 Å². The largest absolute Gasteiger partial charge is 0.370 e. The van der Waals surface area contributed by atoms with Crippen molar-refractivity contribution in [1.29, 1.82) is 0 Å². The minimum absolute atomic E-state index is 0.0429. The number of fused-ring (bicyclic) bond motifs is 1. The second-order valence-corrected chi connectivity index (χ2v) is 10.4. The van der Waals surface area contributed by atoms with Gasteiger partial charge in [-0.2, -0.15) is 0 Å². The van der Waals surface area contributed by atoms with Crippen molar-refractivity contribution in [3.63, 3.8) is 0 Å². The fourth-order valence-corrected chi connectivity index (χ4v) is 5.86. The van der Waals surface area contributed by atoms with E-state index in [4.69, 9.17) is 12.2 Å². The lowest BCUT2D eigenvalue weighted by Crippen LogP contribution is -2.36. The quantitative estimate of drug-likeness (QED) is 0.427. The zero-order valence-corrected chi connectivity index (χ0v) is 20.7. The van der Waals surface area contributed by atoms with Crippen LogP contribution in [-0.2, 0) is 11.3 Å². The third-order valence-electron chi connectivity index (χ3n) is 6.48. The molecule has 2 aliphatic heterocycles. The number of pyridine rings is 1. The van der Waals surface area contributed by atoms with Gasteiger partial charge >= 0.3 is 0 Å². The Bertz CT molecular complexity index is 1130. The number of piperidine rings is 1. The second kappa shape index (κ2) is 9.79. The normalized spacial score (nSPS) is 19.0. The van der Waals surface area contributed by atoms with Gasteiger partial charge in [-0.05, 0) is 44.2 Å². The number of amides is 1. The molecule has 0 spiro atoms. The van der Waals surface area contributed by atoms with E-state index >= 15 is 0 Å².